The largest absolute Gasteiger partial charge is 0.379 e. The van der Waals surface area contributed by atoms with Crippen molar-refractivity contribution in [3.8, 4) is 0 Å². The zero-order valence-electron chi connectivity index (χ0n) is 16.1. The average Bonchev–Trinajstić information content (AvgIpc) is 3.21. The van der Waals surface area contributed by atoms with Crippen molar-refractivity contribution in [2.45, 2.75) is 39.2 Å². The number of hydrogen-bond acceptors (Lipinski definition) is 3. The quantitative estimate of drug-likeness (QED) is 0.554. The summed E-state index contributed by atoms with van der Waals surface area (Å²) in [5, 5.41) is 16.3. The molecule has 3 aromatic rings. The molecule has 1 aromatic heterocycles. The molecule has 27 heavy (non-hydrogen) atoms. The molecule has 1 heterocycles. The van der Waals surface area contributed by atoms with Crippen molar-refractivity contribution in [1.82, 2.24) is 15.3 Å². The number of rotatable bonds is 7. The number of nitrogens with zero attached hydrogens (tertiary/aromatic N) is 1. The number of fused-ring (bicyclic) bond motifs is 1. The minimum absolute atomic E-state index is 0.0426. The normalized spacial score (nSPS) is 13.7. The molecule has 2 aromatic carbocycles. The van der Waals surface area contributed by atoms with Crippen LogP contribution in [0.4, 0.5) is 0 Å². The first kappa shape index (κ1) is 19.1. The minimum atomic E-state index is -1.15. The third-order valence-corrected chi connectivity index (χ3v) is 5.10. The molecule has 0 spiro atoms. The lowest BCUT2D eigenvalue weighted by Gasteiger charge is -2.32. The van der Waals surface area contributed by atoms with Gasteiger partial charge in [0.1, 0.15) is 5.60 Å². The number of H-pyrrole nitrogens is 1. The van der Waals surface area contributed by atoms with Gasteiger partial charge in [-0.05, 0) is 46.9 Å². The van der Waals surface area contributed by atoms with Crippen LogP contribution in [-0.2, 0) is 5.60 Å². The van der Waals surface area contributed by atoms with Gasteiger partial charge in [0.2, 0.25) is 0 Å². The third-order valence-electron chi connectivity index (χ3n) is 5.10. The zero-order chi connectivity index (χ0) is 19.4. The second kappa shape index (κ2) is 7.92. The number of carbonyl (C=O) groups excluding carboxylic acids is 1. The fourth-order valence-electron chi connectivity index (χ4n) is 3.37. The van der Waals surface area contributed by atoms with E-state index in [9.17, 15) is 9.90 Å². The predicted octanol–water partition coefficient (Wildman–Crippen LogP) is 3.98. The van der Waals surface area contributed by atoms with Gasteiger partial charge in [-0.1, -0.05) is 45.4 Å². The molecule has 0 radical (unpaired) electrons. The van der Waals surface area contributed by atoms with E-state index in [1.54, 1.807) is 12.5 Å². The highest BCUT2D eigenvalue weighted by Crippen LogP contribution is 2.36. The molecule has 0 bridgehead atoms. The molecule has 0 aliphatic rings. The Morgan fingerprint density at radius 1 is 1.22 bits per heavy atom. The molecule has 1 atom stereocenters. The highest BCUT2D eigenvalue weighted by molar-refractivity contribution is 5.98. The van der Waals surface area contributed by atoms with Crippen molar-refractivity contribution < 1.29 is 9.90 Å². The standard InChI is InChI=1S/C22H27N3O2/c1-4-5-10-24-21(26)18-7-6-17-12-19(9-8-16(17)11-18)22(27,15(2)3)20-13-23-14-25-20/h6-9,11-15,27H,4-5,10H2,1-3H3,(H,23,25)(H,24,26). The van der Waals surface area contributed by atoms with Gasteiger partial charge in [0.15, 0.2) is 0 Å². The lowest BCUT2D eigenvalue weighted by Crippen LogP contribution is -2.33. The second-order valence-electron chi connectivity index (χ2n) is 7.27. The number of aromatic nitrogens is 2. The summed E-state index contributed by atoms with van der Waals surface area (Å²) in [6.45, 7) is 6.75. The molecule has 142 valence electrons. The minimum Gasteiger partial charge on any atom is -0.379 e. The van der Waals surface area contributed by atoms with Gasteiger partial charge >= 0.3 is 0 Å². The molecule has 0 saturated carbocycles. The summed E-state index contributed by atoms with van der Waals surface area (Å²) in [7, 11) is 0. The maximum Gasteiger partial charge on any atom is 0.251 e. The molecule has 0 aliphatic carbocycles. The Balaban J connectivity index is 1.94. The number of unbranched alkanes of at least 4 members (excludes halogenated alkanes) is 1. The van der Waals surface area contributed by atoms with Gasteiger partial charge in [-0.25, -0.2) is 4.98 Å². The summed E-state index contributed by atoms with van der Waals surface area (Å²) in [6.07, 6.45) is 5.26. The number of imidazole rings is 1. The lowest BCUT2D eigenvalue weighted by atomic mass is 9.80. The number of benzene rings is 2. The molecule has 1 amide bonds. The van der Waals surface area contributed by atoms with Gasteiger partial charge in [-0.3, -0.25) is 4.79 Å². The maximum absolute atomic E-state index is 12.3. The van der Waals surface area contributed by atoms with Gasteiger partial charge in [-0.15, -0.1) is 0 Å². The van der Waals surface area contributed by atoms with Crippen molar-refractivity contribution in [1.29, 1.82) is 0 Å². The average molecular weight is 365 g/mol. The summed E-state index contributed by atoms with van der Waals surface area (Å²) >= 11 is 0. The first-order valence-electron chi connectivity index (χ1n) is 9.50. The Hall–Kier alpha value is -2.66. The van der Waals surface area contributed by atoms with Crippen molar-refractivity contribution in [2.75, 3.05) is 6.54 Å². The molecule has 3 rings (SSSR count). The van der Waals surface area contributed by atoms with E-state index in [4.69, 9.17) is 0 Å². The number of nitrogens with one attached hydrogen (secondary N) is 2. The highest BCUT2D eigenvalue weighted by atomic mass is 16.3. The number of aliphatic hydroxyl groups is 1. The second-order valence-corrected chi connectivity index (χ2v) is 7.27. The predicted molar refractivity (Wildman–Crippen MR) is 108 cm³/mol. The van der Waals surface area contributed by atoms with E-state index in [2.05, 4.69) is 22.2 Å². The van der Waals surface area contributed by atoms with Crippen molar-refractivity contribution in [3.63, 3.8) is 0 Å². The molecular formula is C22H27N3O2. The van der Waals surface area contributed by atoms with Crippen LogP contribution in [0.5, 0.6) is 0 Å². The van der Waals surface area contributed by atoms with Crippen LogP contribution >= 0.6 is 0 Å². The Labute approximate surface area is 159 Å². The Morgan fingerprint density at radius 2 is 1.96 bits per heavy atom. The number of hydrogen-bond donors (Lipinski definition) is 3. The monoisotopic (exact) mass is 365 g/mol. The van der Waals surface area contributed by atoms with Crippen LogP contribution in [-0.4, -0.2) is 27.5 Å². The number of aromatic amines is 1. The smallest absolute Gasteiger partial charge is 0.251 e. The molecule has 5 nitrogen and oxygen atoms in total. The van der Waals surface area contributed by atoms with Gasteiger partial charge in [0, 0.05) is 12.1 Å². The van der Waals surface area contributed by atoms with Crippen molar-refractivity contribution in [2.24, 2.45) is 5.92 Å². The van der Waals surface area contributed by atoms with E-state index in [-0.39, 0.29) is 11.8 Å². The van der Waals surface area contributed by atoms with E-state index in [1.165, 1.54) is 0 Å². The fraction of sp³-hybridized carbons (Fsp3) is 0.364. The van der Waals surface area contributed by atoms with Crippen LogP contribution < -0.4 is 5.32 Å². The molecule has 1 unspecified atom stereocenters. The van der Waals surface area contributed by atoms with Gasteiger partial charge in [0.25, 0.3) is 5.91 Å². The van der Waals surface area contributed by atoms with Crippen LogP contribution in [0, 0.1) is 5.92 Å². The van der Waals surface area contributed by atoms with E-state index >= 15 is 0 Å². The summed E-state index contributed by atoms with van der Waals surface area (Å²) in [5.41, 5.74) is 0.971. The molecule has 0 fully saturated rings. The van der Waals surface area contributed by atoms with Gasteiger partial charge in [0.05, 0.1) is 18.2 Å². The Kier molecular flexibility index (Phi) is 5.61. The van der Waals surface area contributed by atoms with Crippen LogP contribution in [0.25, 0.3) is 10.8 Å². The number of amides is 1. The highest BCUT2D eigenvalue weighted by Gasteiger charge is 2.36. The molecule has 0 aliphatic heterocycles. The van der Waals surface area contributed by atoms with Crippen molar-refractivity contribution >= 4 is 16.7 Å². The molecule has 0 saturated heterocycles. The molecule has 3 N–H and O–H groups in total. The van der Waals surface area contributed by atoms with Gasteiger partial charge in [-0.2, -0.15) is 0 Å². The van der Waals surface area contributed by atoms with Crippen LogP contribution in [0.2, 0.25) is 0 Å². The van der Waals surface area contributed by atoms with Gasteiger partial charge < -0.3 is 15.4 Å². The molecule has 5 heteroatoms. The number of carbonyl (C=O) groups is 1. The van der Waals surface area contributed by atoms with Crippen molar-refractivity contribution in [3.05, 3.63) is 65.7 Å². The Bertz CT molecular complexity index is 918. The van der Waals surface area contributed by atoms with Crippen LogP contribution in [0.3, 0.4) is 0 Å². The van der Waals surface area contributed by atoms with E-state index in [0.717, 1.165) is 29.2 Å². The third kappa shape index (κ3) is 3.74. The topological polar surface area (TPSA) is 78.0 Å². The van der Waals surface area contributed by atoms with Crippen LogP contribution in [0.1, 0.15) is 55.2 Å². The maximum atomic E-state index is 12.3. The summed E-state index contributed by atoms with van der Waals surface area (Å²) in [4.78, 5) is 19.4. The Morgan fingerprint density at radius 3 is 2.63 bits per heavy atom. The SMILES string of the molecule is CCCCNC(=O)c1ccc2cc(C(O)(c3cnc[nH]3)C(C)C)ccc2c1. The van der Waals surface area contributed by atoms with Crippen LogP contribution in [0.15, 0.2) is 48.9 Å². The first-order chi connectivity index (χ1) is 13.0. The van der Waals surface area contributed by atoms with E-state index in [1.807, 2.05) is 50.2 Å². The first-order valence-corrected chi connectivity index (χ1v) is 9.50. The summed E-state index contributed by atoms with van der Waals surface area (Å²) < 4.78 is 0. The zero-order valence-corrected chi connectivity index (χ0v) is 16.1. The summed E-state index contributed by atoms with van der Waals surface area (Å²) in [5.74, 6) is -0.0930. The molecular weight excluding hydrogens is 338 g/mol. The fourth-order valence-corrected chi connectivity index (χ4v) is 3.37. The van der Waals surface area contributed by atoms with E-state index < -0.39 is 5.60 Å². The summed E-state index contributed by atoms with van der Waals surface area (Å²) in [6, 6.07) is 11.5. The lowest BCUT2D eigenvalue weighted by molar-refractivity contribution is 0.0280. The van der Waals surface area contributed by atoms with E-state index in [0.29, 0.717) is 17.8 Å².